The Morgan fingerprint density at radius 3 is 3.11 bits per heavy atom. The predicted molar refractivity (Wildman–Crippen MR) is 72.8 cm³/mol. The predicted octanol–water partition coefficient (Wildman–Crippen LogP) is 1.07. The summed E-state index contributed by atoms with van der Waals surface area (Å²) in [6.07, 6.45) is 9.04. The lowest BCUT2D eigenvalue weighted by atomic mass is 9.94. The monoisotopic (exact) mass is 260 g/mol. The number of primary amides is 1. The SMILES string of the molecule is C=Cn1cc(CN2C[C@@H]3CCC[C@@H]3[C@@H]2C(N)=O)cn1. The molecule has 1 amide bonds. The number of nitrogens with zero attached hydrogens (tertiary/aromatic N) is 3. The molecule has 0 unspecified atom stereocenters. The third-order valence-electron chi connectivity index (χ3n) is 4.51. The first-order chi connectivity index (χ1) is 9.19. The van der Waals surface area contributed by atoms with Crippen molar-refractivity contribution in [2.75, 3.05) is 6.54 Å². The minimum absolute atomic E-state index is 0.0976. The maximum absolute atomic E-state index is 11.7. The Kier molecular flexibility index (Phi) is 3.14. The van der Waals surface area contributed by atoms with Crippen LogP contribution in [0.25, 0.3) is 6.20 Å². The van der Waals surface area contributed by atoms with E-state index in [1.54, 1.807) is 10.9 Å². The van der Waals surface area contributed by atoms with Gasteiger partial charge in [-0.15, -0.1) is 0 Å². The van der Waals surface area contributed by atoms with E-state index >= 15 is 0 Å². The van der Waals surface area contributed by atoms with Gasteiger partial charge in [0, 0.05) is 31.0 Å². The molecule has 0 radical (unpaired) electrons. The molecule has 1 aliphatic carbocycles. The zero-order chi connectivity index (χ0) is 13.4. The van der Waals surface area contributed by atoms with Gasteiger partial charge in [-0.1, -0.05) is 13.0 Å². The molecule has 102 valence electrons. The number of amides is 1. The molecule has 3 atom stereocenters. The summed E-state index contributed by atoms with van der Waals surface area (Å²) in [6, 6.07) is -0.0976. The summed E-state index contributed by atoms with van der Waals surface area (Å²) in [5.41, 5.74) is 6.71. The molecule has 5 heteroatoms. The van der Waals surface area contributed by atoms with E-state index in [0.717, 1.165) is 25.1 Å². The summed E-state index contributed by atoms with van der Waals surface area (Å²) in [5.74, 6) is 0.935. The van der Waals surface area contributed by atoms with Crippen LogP contribution in [0.3, 0.4) is 0 Å². The number of aromatic nitrogens is 2. The summed E-state index contributed by atoms with van der Waals surface area (Å²) in [4.78, 5) is 14.0. The third kappa shape index (κ3) is 2.18. The number of nitrogens with two attached hydrogens (primary N) is 1. The second kappa shape index (κ2) is 4.81. The molecule has 1 aliphatic heterocycles. The summed E-state index contributed by atoms with van der Waals surface area (Å²) < 4.78 is 1.69. The Balaban J connectivity index is 1.76. The first-order valence-electron chi connectivity index (χ1n) is 6.88. The van der Waals surface area contributed by atoms with Gasteiger partial charge in [0.2, 0.25) is 5.91 Å². The highest BCUT2D eigenvalue weighted by Crippen LogP contribution is 2.42. The molecule has 1 saturated carbocycles. The fraction of sp³-hybridized carbons (Fsp3) is 0.571. The second-order valence-electron chi connectivity index (χ2n) is 5.64. The third-order valence-corrected chi connectivity index (χ3v) is 4.51. The molecule has 0 aromatic carbocycles. The van der Waals surface area contributed by atoms with E-state index in [9.17, 15) is 4.79 Å². The van der Waals surface area contributed by atoms with Crippen LogP contribution in [0, 0.1) is 11.8 Å². The molecule has 1 aromatic rings. The van der Waals surface area contributed by atoms with Crippen molar-refractivity contribution >= 4 is 12.1 Å². The zero-order valence-electron chi connectivity index (χ0n) is 11.0. The van der Waals surface area contributed by atoms with E-state index in [1.165, 1.54) is 12.8 Å². The maximum atomic E-state index is 11.7. The molecule has 19 heavy (non-hydrogen) atoms. The van der Waals surface area contributed by atoms with Gasteiger partial charge in [0.25, 0.3) is 0 Å². The summed E-state index contributed by atoms with van der Waals surface area (Å²) >= 11 is 0. The molecule has 1 saturated heterocycles. The molecular formula is C14H20N4O. The van der Waals surface area contributed by atoms with Crippen molar-refractivity contribution in [3.63, 3.8) is 0 Å². The van der Waals surface area contributed by atoms with Crippen molar-refractivity contribution < 1.29 is 4.79 Å². The minimum Gasteiger partial charge on any atom is -0.368 e. The van der Waals surface area contributed by atoms with Gasteiger partial charge in [0.1, 0.15) is 0 Å². The van der Waals surface area contributed by atoms with Crippen molar-refractivity contribution in [2.24, 2.45) is 17.6 Å². The normalized spacial score (nSPS) is 30.4. The lowest BCUT2D eigenvalue weighted by Crippen LogP contribution is -2.43. The first kappa shape index (κ1) is 12.4. The lowest BCUT2D eigenvalue weighted by molar-refractivity contribution is -0.123. The van der Waals surface area contributed by atoms with Crippen molar-refractivity contribution in [3.05, 3.63) is 24.5 Å². The Hall–Kier alpha value is -1.62. The zero-order valence-corrected chi connectivity index (χ0v) is 11.0. The fourth-order valence-corrected chi connectivity index (χ4v) is 3.74. The molecule has 2 heterocycles. The molecule has 0 spiro atoms. The van der Waals surface area contributed by atoms with E-state index in [2.05, 4.69) is 16.6 Å². The molecular weight excluding hydrogens is 240 g/mol. The quantitative estimate of drug-likeness (QED) is 0.880. The minimum atomic E-state index is -0.175. The van der Waals surface area contributed by atoms with Gasteiger partial charge in [-0.05, 0) is 24.7 Å². The number of likely N-dealkylation sites (tertiary alicyclic amines) is 1. The van der Waals surface area contributed by atoms with Crippen molar-refractivity contribution in [2.45, 2.75) is 31.8 Å². The maximum Gasteiger partial charge on any atom is 0.235 e. The van der Waals surface area contributed by atoms with Gasteiger partial charge in [-0.2, -0.15) is 5.10 Å². The van der Waals surface area contributed by atoms with E-state index in [1.807, 2.05) is 12.4 Å². The highest BCUT2D eigenvalue weighted by molar-refractivity contribution is 5.80. The van der Waals surface area contributed by atoms with Crippen LogP contribution >= 0.6 is 0 Å². The number of rotatable bonds is 4. The largest absolute Gasteiger partial charge is 0.368 e. The fourth-order valence-electron chi connectivity index (χ4n) is 3.74. The standard InChI is InChI=1S/C14H20N4O/c1-2-18-8-10(6-16-18)7-17-9-11-4-3-5-12(11)13(17)14(15)19/h2,6,8,11-13H,1,3-5,7,9H2,(H2,15,19)/t11-,12-,13+/m0/s1. The first-order valence-corrected chi connectivity index (χ1v) is 6.88. The van der Waals surface area contributed by atoms with Crippen LogP contribution in [0.4, 0.5) is 0 Å². The number of hydrogen-bond acceptors (Lipinski definition) is 3. The number of carbonyl (C=O) groups excluding carboxylic acids is 1. The van der Waals surface area contributed by atoms with Crippen LogP contribution in [0.1, 0.15) is 24.8 Å². The van der Waals surface area contributed by atoms with Crippen molar-refractivity contribution in [3.8, 4) is 0 Å². The average molecular weight is 260 g/mol. The lowest BCUT2D eigenvalue weighted by Gasteiger charge is -2.24. The van der Waals surface area contributed by atoms with E-state index in [0.29, 0.717) is 11.8 Å². The smallest absolute Gasteiger partial charge is 0.235 e. The van der Waals surface area contributed by atoms with Gasteiger partial charge >= 0.3 is 0 Å². The topological polar surface area (TPSA) is 64.2 Å². The molecule has 1 aromatic heterocycles. The van der Waals surface area contributed by atoms with E-state index < -0.39 is 0 Å². The van der Waals surface area contributed by atoms with Crippen LogP contribution in [-0.4, -0.2) is 33.2 Å². The summed E-state index contributed by atoms with van der Waals surface area (Å²) in [5, 5.41) is 4.17. The van der Waals surface area contributed by atoms with Crippen molar-refractivity contribution in [1.29, 1.82) is 0 Å². The van der Waals surface area contributed by atoms with Crippen LogP contribution in [0.5, 0.6) is 0 Å². The van der Waals surface area contributed by atoms with Gasteiger partial charge in [-0.25, -0.2) is 4.68 Å². The van der Waals surface area contributed by atoms with Crippen molar-refractivity contribution in [1.82, 2.24) is 14.7 Å². The molecule has 0 bridgehead atoms. The van der Waals surface area contributed by atoms with Gasteiger partial charge < -0.3 is 5.73 Å². The average Bonchev–Trinajstić information content (AvgIpc) is 3.03. The van der Waals surface area contributed by atoms with Crippen LogP contribution in [0.15, 0.2) is 19.0 Å². The summed E-state index contributed by atoms with van der Waals surface area (Å²) in [6.45, 7) is 5.41. The number of carbonyl (C=O) groups is 1. The Morgan fingerprint density at radius 1 is 1.58 bits per heavy atom. The van der Waals surface area contributed by atoms with Gasteiger partial charge in [0.05, 0.1) is 12.2 Å². The second-order valence-corrected chi connectivity index (χ2v) is 5.64. The summed E-state index contributed by atoms with van der Waals surface area (Å²) in [7, 11) is 0. The molecule has 5 nitrogen and oxygen atoms in total. The van der Waals surface area contributed by atoms with Gasteiger partial charge in [-0.3, -0.25) is 9.69 Å². The van der Waals surface area contributed by atoms with E-state index in [-0.39, 0.29) is 11.9 Å². The number of fused-ring (bicyclic) bond motifs is 1. The molecule has 2 aliphatic rings. The highest BCUT2D eigenvalue weighted by atomic mass is 16.1. The Bertz CT molecular complexity index is 495. The Labute approximate surface area is 113 Å². The molecule has 2 fully saturated rings. The van der Waals surface area contributed by atoms with E-state index in [4.69, 9.17) is 5.73 Å². The molecule has 2 N–H and O–H groups in total. The van der Waals surface area contributed by atoms with Crippen LogP contribution in [0.2, 0.25) is 0 Å². The number of hydrogen-bond donors (Lipinski definition) is 1. The Morgan fingerprint density at radius 2 is 2.42 bits per heavy atom. The van der Waals surface area contributed by atoms with Gasteiger partial charge in [0.15, 0.2) is 0 Å². The molecule has 3 rings (SSSR count). The highest BCUT2D eigenvalue weighted by Gasteiger charge is 2.46. The van der Waals surface area contributed by atoms with Crippen LogP contribution in [-0.2, 0) is 11.3 Å². The van der Waals surface area contributed by atoms with Crippen LogP contribution < -0.4 is 5.73 Å².